The van der Waals surface area contributed by atoms with E-state index in [2.05, 4.69) is 10.3 Å². The first-order valence-corrected chi connectivity index (χ1v) is 11.3. The van der Waals surface area contributed by atoms with Crippen LogP contribution in [0.3, 0.4) is 0 Å². The number of aliphatic hydroxyl groups is 2. The molecule has 3 rings (SSSR count). The molecule has 0 spiro atoms. The average Bonchev–Trinajstić information content (AvgIpc) is 3.05. The van der Waals surface area contributed by atoms with Gasteiger partial charge in [0, 0.05) is 24.2 Å². The van der Waals surface area contributed by atoms with Gasteiger partial charge in [0.05, 0.1) is 6.61 Å². The number of aromatic amines is 1. The predicted molar refractivity (Wildman–Crippen MR) is 125 cm³/mol. The van der Waals surface area contributed by atoms with E-state index in [1.165, 1.54) is 6.20 Å². The molecule has 10 heteroatoms. The summed E-state index contributed by atoms with van der Waals surface area (Å²) < 4.78 is 12.5. The Morgan fingerprint density at radius 3 is 2.65 bits per heavy atom. The van der Waals surface area contributed by atoms with Crippen LogP contribution < -0.4 is 21.3 Å². The Kier molecular flexibility index (Phi) is 7.96. The summed E-state index contributed by atoms with van der Waals surface area (Å²) in [7, 11) is 0. The fourth-order valence-corrected chi connectivity index (χ4v) is 3.86. The molecule has 0 saturated carbocycles. The van der Waals surface area contributed by atoms with Crippen LogP contribution >= 0.6 is 0 Å². The lowest BCUT2D eigenvalue weighted by Gasteiger charge is -2.25. The molecule has 1 aromatic carbocycles. The number of rotatable bonds is 9. The van der Waals surface area contributed by atoms with Gasteiger partial charge in [-0.3, -0.25) is 19.1 Å². The molecular formula is C24H33N3O7. The number of nitrogens with one attached hydrogen (secondary N) is 2. The highest BCUT2D eigenvalue weighted by Gasteiger charge is 2.44. The Morgan fingerprint density at radius 2 is 1.94 bits per heavy atom. The van der Waals surface area contributed by atoms with E-state index in [9.17, 15) is 24.6 Å². The molecule has 1 aliphatic heterocycles. The van der Waals surface area contributed by atoms with Gasteiger partial charge in [0.1, 0.15) is 24.1 Å². The maximum Gasteiger partial charge on any atom is 0.330 e. The number of amides is 1. The van der Waals surface area contributed by atoms with Crippen LogP contribution in [0.1, 0.15) is 44.0 Å². The normalized spacial score (nSPS) is 22.5. The fourth-order valence-electron chi connectivity index (χ4n) is 3.86. The van der Waals surface area contributed by atoms with E-state index < -0.39 is 41.2 Å². The predicted octanol–water partition coefficient (Wildman–Crippen LogP) is 0.774. The summed E-state index contributed by atoms with van der Waals surface area (Å²) in [5, 5.41) is 23.4. The van der Waals surface area contributed by atoms with Crippen molar-refractivity contribution >= 4 is 5.91 Å². The Labute approximate surface area is 197 Å². The monoisotopic (exact) mass is 475 g/mol. The van der Waals surface area contributed by atoms with Crippen molar-refractivity contribution in [3.05, 3.63) is 62.4 Å². The van der Waals surface area contributed by atoms with Gasteiger partial charge in [0.2, 0.25) is 5.91 Å². The number of ether oxygens (including phenoxy) is 2. The molecule has 1 aromatic heterocycles. The minimum atomic E-state index is -1.40. The number of nitrogens with zero attached hydrogens (tertiary/aromatic N) is 1. The zero-order valence-corrected chi connectivity index (χ0v) is 19.9. The van der Waals surface area contributed by atoms with Gasteiger partial charge >= 0.3 is 5.69 Å². The molecular weight excluding hydrogens is 442 g/mol. The molecule has 34 heavy (non-hydrogen) atoms. The van der Waals surface area contributed by atoms with Crippen molar-refractivity contribution < 1.29 is 24.5 Å². The van der Waals surface area contributed by atoms with Gasteiger partial charge in [-0.15, -0.1) is 0 Å². The third kappa shape index (κ3) is 5.94. The zero-order chi connectivity index (χ0) is 25.0. The number of hydrogen-bond donors (Lipinski definition) is 4. The molecule has 2 aromatic rings. The van der Waals surface area contributed by atoms with Crippen molar-refractivity contribution in [2.24, 2.45) is 5.41 Å². The van der Waals surface area contributed by atoms with Crippen molar-refractivity contribution in [3.8, 4) is 5.75 Å². The van der Waals surface area contributed by atoms with Crippen molar-refractivity contribution in [3.63, 3.8) is 0 Å². The maximum absolute atomic E-state index is 12.8. The van der Waals surface area contributed by atoms with E-state index in [1.54, 1.807) is 0 Å². The van der Waals surface area contributed by atoms with Crippen LogP contribution in [-0.2, 0) is 9.53 Å². The molecule has 4 N–H and O–H groups in total. The molecule has 0 radical (unpaired) electrons. The van der Waals surface area contributed by atoms with Crippen LogP contribution in [0.15, 0.2) is 40.1 Å². The topological polar surface area (TPSA) is 143 Å². The van der Waals surface area contributed by atoms with Crippen molar-refractivity contribution in [1.82, 2.24) is 14.9 Å². The number of aliphatic hydroxyl groups excluding tert-OH is 2. The van der Waals surface area contributed by atoms with Crippen LogP contribution in [0.4, 0.5) is 0 Å². The highest BCUT2D eigenvalue weighted by atomic mass is 16.6. The average molecular weight is 476 g/mol. The summed E-state index contributed by atoms with van der Waals surface area (Å²) in [5.74, 6) is 0.610. The zero-order valence-electron chi connectivity index (χ0n) is 19.9. The van der Waals surface area contributed by atoms with Gasteiger partial charge in [0.15, 0.2) is 6.23 Å². The third-order valence-electron chi connectivity index (χ3n) is 6.09. The van der Waals surface area contributed by atoms with E-state index >= 15 is 0 Å². The van der Waals surface area contributed by atoms with Crippen molar-refractivity contribution in [2.45, 2.75) is 65.1 Å². The second kappa shape index (κ2) is 10.5. The molecule has 0 bridgehead atoms. The molecule has 1 amide bonds. The molecule has 10 nitrogen and oxygen atoms in total. The standard InChI is InChI=1S/C24H33N3O7/c1-14-6-7-15(2)16(12-14)33-11-5-9-24(3,4)22(31)25-13-17-19(29)20(30)21(34-17)27-10-8-18(28)26-23(27)32/h6-8,10,12,17,19-21,29-30H,5,9,11,13H2,1-4H3,(H,25,31)(H,26,28,32)/t17-,19-,20+,21-/m1/s1. The number of benzene rings is 1. The number of carbonyl (C=O) groups is 1. The van der Waals surface area contributed by atoms with E-state index in [4.69, 9.17) is 9.47 Å². The largest absolute Gasteiger partial charge is 0.493 e. The molecule has 1 fully saturated rings. The summed E-state index contributed by atoms with van der Waals surface area (Å²) in [6.07, 6.45) is -2.39. The highest BCUT2D eigenvalue weighted by Crippen LogP contribution is 2.29. The second-order valence-corrected chi connectivity index (χ2v) is 9.38. The van der Waals surface area contributed by atoms with Gasteiger partial charge in [-0.2, -0.15) is 0 Å². The molecule has 186 valence electrons. The summed E-state index contributed by atoms with van der Waals surface area (Å²) >= 11 is 0. The quantitative estimate of drug-likeness (QED) is 0.392. The van der Waals surface area contributed by atoms with Crippen LogP contribution in [0.5, 0.6) is 5.75 Å². The number of carbonyl (C=O) groups excluding carboxylic acids is 1. The van der Waals surface area contributed by atoms with Gasteiger partial charge < -0.3 is 25.0 Å². The Morgan fingerprint density at radius 1 is 1.21 bits per heavy atom. The smallest absolute Gasteiger partial charge is 0.330 e. The van der Waals surface area contributed by atoms with E-state index in [1.807, 2.05) is 45.9 Å². The molecule has 4 atom stereocenters. The van der Waals surface area contributed by atoms with Crippen LogP contribution in [-0.4, -0.2) is 57.1 Å². The van der Waals surface area contributed by atoms with Crippen LogP contribution in [0.25, 0.3) is 0 Å². The summed E-state index contributed by atoms with van der Waals surface area (Å²) in [6.45, 7) is 8.07. The first-order chi connectivity index (χ1) is 16.0. The van der Waals surface area contributed by atoms with E-state index in [0.717, 1.165) is 27.5 Å². The van der Waals surface area contributed by atoms with Gasteiger partial charge in [-0.1, -0.05) is 26.0 Å². The fraction of sp³-hybridized carbons (Fsp3) is 0.542. The second-order valence-electron chi connectivity index (χ2n) is 9.38. The van der Waals surface area contributed by atoms with Gasteiger partial charge in [0.25, 0.3) is 5.56 Å². The lowest BCUT2D eigenvalue weighted by Crippen LogP contribution is -2.44. The van der Waals surface area contributed by atoms with Crippen molar-refractivity contribution in [2.75, 3.05) is 13.2 Å². The first-order valence-electron chi connectivity index (χ1n) is 11.3. The Balaban J connectivity index is 1.50. The molecule has 1 saturated heterocycles. The van der Waals surface area contributed by atoms with Gasteiger partial charge in [-0.05, 0) is 43.9 Å². The minimum absolute atomic E-state index is 0.0475. The minimum Gasteiger partial charge on any atom is -0.493 e. The van der Waals surface area contributed by atoms with Crippen molar-refractivity contribution in [1.29, 1.82) is 0 Å². The lowest BCUT2D eigenvalue weighted by molar-refractivity contribution is -0.130. The summed E-state index contributed by atoms with van der Waals surface area (Å²) in [5.41, 5.74) is 0.136. The number of hydrogen-bond acceptors (Lipinski definition) is 7. The van der Waals surface area contributed by atoms with E-state index in [0.29, 0.717) is 19.4 Å². The maximum atomic E-state index is 12.8. The van der Waals surface area contributed by atoms with Crippen LogP contribution in [0.2, 0.25) is 0 Å². The summed E-state index contributed by atoms with van der Waals surface area (Å²) in [4.78, 5) is 38.1. The first kappa shape index (κ1) is 25.7. The number of aromatic nitrogens is 2. The summed E-state index contributed by atoms with van der Waals surface area (Å²) in [6, 6.07) is 7.14. The van der Waals surface area contributed by atoms with E-state index in [-0.39, 0.29) is 12.5 Å². The lowest BCUT2D eigenvalue weighted by atomic mass is 9.87. The highest BCUT2D eigenvalue weighted by molar-refractivity contribution is 5.81. The Hall–Kier alpha value is -2.95. The van der Waals surface area contributed by atoms with Gasteiger partial charge in [-0.25, -0.2) is 4.79 Å². The molecule has 0 unspecified atom stereocenters. The number of aryl methyl sites for hydroxylation is 2. The molecule has 1 aliphatic rings. The SMILES string of the molecule is Cc1ccc(C)c(OCCCC(C)(C)C(=O)NC[C@H]2O[C@@H](n3ccc(=O)[nH]c3=O)[C@@H](O)[C@@H]2O)c1. The number of H-pyrrole nitrogens is 1. The molecule has 0 aliphatic carbocycles. The van der Waals surface area contributed by atoms with Crippen LogP contribution in [0, 0.1) is 19.3 Å². The Bertz CT molecular complexity index is 1120. The molecule has 2 heterocycles. The third-order valence-corrected chi connectivity index (χ3v) is 6.09.